The van der Waals surface area contributed by atoms with E-state index >= 15 is 0 Å². The van der Waals surface area contributed by atoms with Gasteiger partial charge >= 0.3 is 0 Å². The van der Waals surface area contributed by atoms with Crippen molar-refractivity contribution in [3.63, 3.8) is 0 Å². The SMILES string of the molecule is CON(C)C(=O)CCCCC(C)=O. The first-order chi connectivity index (χ1) is 6.07. The van der Waals surface area contributed by atoms with E-state index in [1.54, 1.807) is 14.0 Å². The van der Waals surface area contributed by atoms with Gasteiger partial charge in [-0.2, -0.15) is 0 Å². The Hall–Kier alpha value is -0.900. The third kappa shape index (κ3) is 6.28. The van der Waals surface area contributed by atoms with Crippen LogP contribution in [0, 0.1) is 0 Å². The summed E-state index contributed by atoms with van der Waals surface area (Å²) in [4.78, 5) is 26.4. The minimum absolute atomic E-state index is 0.0500. The second-order valence-corrected chi connectivity index (χ2v) is 2.98. The van der Waals surface area contributed by atoms with Crippen LogP contribution in [0.4, 0.5) is 0 Å². The molecule has 0 N–H and O–H groups in total. The van der Waals surface area contributed by atoms with Gasteiger partial charge in [-0.3, -0.25) is 9.63 Å². The average Bonchev–Trinajstić information content (AvgIpc) is 2.10. The number of carbonyl (C=O) groups excluding carboxylic acids is 2. The minimum atomic E-state index is -0.0500. The summed E-state index contributed by atoms with van der Waals surface area (Å²) in [6, 6.07) is 0. The van der Waals surface area contributed by atoms with Gasteiger partial charge in [0.2, 0.25) is 5.91 Å². The largest absolute Gasteiger partial charge is 0.300 e. The molecule has 76 valence electrons. The van der Waals surface area contributed by atoms with E-state index in [9.17, 15) is 9.59 Å². The zero-order valence-electron chi connectivity index (χ0n) is 8.50. The first-order valence-electron chi connectivity index (χ1n) is 4.38. The quantitative estimate of drug-likeness (QED) is 0.463. The third-order valence-corrected chi connectivity index (χ3v) is 1.79. The average molecular weight is 187 g/mol. The lowest BCUT2D eigenvalue weighted by molar-refractivity contribution is -0.168. The van der Waals surface area contributed by atoms with Crippen LogP contribution in [-0.2, 0) is 14.4 Å². The number of hydroxylamine groups is 2. The number of hydrogen-bond donors (Lipinski definition) is 0. The number of ketones is 1. The Morgan fingerprint density at radius 2 is 1.77 bits per heavy atom. The molecule has 0 aliphatic heterocycles. The first kappa shape index (κ1) is 12.1. The molecule has 0 aromatic rings. The Morgan fingerprint density at radius 3 is 2.23 bits per heavy atom. The number of amides is 1. The Balaban J connectivity index is 3.42. The fourth-order valence-electron chi connectivity index (χ4n) is 0.909. The molecular formula is C9H17NO3. The molecule has 4 heteroatoms. The Bertz CT molecular complexity index is 180. The molecular weight excluding hydrogens is 170 g/mol. The number of hydrogen-bond acceptors (Lipinski definition) is 3. The van der Waals surface area contributed by atoms with Crippen LogP contribution < -0.4 is 0 Å². The van der Waals surface area contributed by atoms with Crippen LogP contribution in [0.25, 0.3) is 0 Å². The standard InChI is InChI=1S/C9H17NO3/c1-8(11)6-4-5-7-9(12)10(2)13-3/h4-7H2,1-3H3. The lowest BCUT2D eigenvalue weighted by atomic mass is 10.1. The van der Waals surface area contributed by atoms with Gasteiger partial charge in [-0.05, 0) is 19.8 Å². The second-order valence-electron chi connectivity index (χ2n) is 2.98. The van der Waals surface area contributed by atoms with Crippen molar-refractivity contribution in [2.45, 2.75) is 32.6 Å². The van der Waals surface area contributed by atoms with Crippen LogP contribution in [0.2, 0.25) is 0 Å². The number of nitrogens with zero attached hydrogens (tertiary/aromatic N) is 1. The van der Waals surface area contributed by atoms with Crippen LogP contribution in [0.5, 0.6) is 0 Å². The fraction of sp³-hybridized carbons (Fsp3) is 0.778. The van der Waals surface area contributed by atoms with Crippen LogP contribution >= 0.6 is 0 Å². The van der Waals surface area contributed by atoms with Crippen molar-refractivity contribution < 1.29 is 14.4 Å². The van der Waals surface area contributed by atoms with Crippen LogP contribution in [0.15, 0.2) is 0 Å². The van der Waals surface area contributed by atoms with E-state index in [0.29, 0.717) is 12.8 Å². The number of carbonyl (C=O) groups is 2. The van der Waals surface area contributed by atoms with Gasteiger partial charge in [0.25, 0.3) is 0 Å². The summed E-state index contributed by atoms with van der Waals surface area (Å²) < 4.78 is 0. The maximum absolute atomic E-state index is 11.1. The monoisotopic (exact) mass is 187 g/mol. The Kier molecular flexibility index (Phi) is 6.14. The molecule has 13 heavy (non-hydrogen) atoms. The topological polar surface area (TPSA) is 46.6 Å². The Morgan fingerprint density at radius 1 is 1.23 bits per heavy atom. The molecule has 0 fully saturated rings. The summed E-state index contributed by atoms with van der Waals surface area (Å²) in [6.45, 7) is 1.56. The van der Waals surface area contributed by atoms with Gasteiger partial charge in [0.15, 0.2) is 0 Å². The highest BCUT2D eigenvalue weighted by Crippen LogP contribution is 2.02. The van der Waals surface area contributed by atoms with Crippen LogP contribution in [0.1, 0.15) is 32.6 Å². The van der Waals surface area contributed by atoms with Crippen molar-refractivity contribution in [1.29, 1.82) is 0 Å². The summed E-state index contributed by atoms with van der Waals surface area (Å²) >= 11 is 0. The van der Waals surface area contributed by atoms with E-state index in [1.165, 1.54) is 12.2 Å². The molecule has 0 bridgehead atoms. The summed E-state index contributed by atoms with van der Waals surface area (Å²) in [5.74, 6) is 0.124. The third-order valence-electron chi connectivity index (χ3n) is 1.79. The molecule has 0 aromatic carbocycles. The highest BCUT2D eigenvalue weighted by Gasteiger charge is 2.06. The van der Waals surface area contributed by atoms with Crippen molar-refractivity contribution >= 4 is 11.7 Å². The van der Waals surface area contributed by atoms with Gasteiger partial charge in [0.1, 0.15) is 5.78 Å². The maximum atomic E-state index is 11.1. The highest BCUT2D eigenvalue weighted by atomic mass is 16.7. The maximum Gasteiger partial charge on any atom is 0.245 e. The van der Waals surface area contributed by atoms with Crippen molar-refractivity contribution in [2.24, 2.45) is 0 Å². The lowest BCUT2D eigenvalue weighted by Crippen LogP contribution is -2.24. The van der Waals surface area contributed by atoms with E-state index in [-0.39, 0.29) is 11.7 Å². The lowest BCUT2D eigenvalue weighted by Gasteiger charge is -2.12. The molecule has 0 unspecified atom stereocenters. The van der Waals surface area contributed by atoms with E-state index < -0.39 is 0 Å². The highest BCUT2D eigenvalue weighted by molar-refractivity contribution is 5.76. The normalized spacial score (nSPS) is 9.77. The van der Waals surface area contributed by atoms with Gasteiger partial charge in [0, 0.05) is 19.9 Å². The molecule has 0 aromatic heterocycles. The predicted octanol–water partition coefficient (Wildman–Crippen LogP) is 1.16. The molecule has 0 heterocycles. The van der Waals surface area contributed by atoms with Crippen LogP contribution in [0.3, 0.4) is 0 Å². The molecule has 0 atom stereocenters. The molecule has 0 rings (SSSR count). The second kappa shape index (κ2) is 6.60. The summed E-state index contributed by atoms with van der Waals surface area (Å²) in [7, 11) is 3.03. The zero-order valence-corrected chi connectivity index (χ0v) is 8.50. The van der Waals surface area contributed by atoms with Crippen molar-refractivity contribution in [1.82, 2.24) is 5.06 Å². The van der Waals surface area contributed by atoms with Gasteiger partial charge in [-0.25, -0.2) is 5.06 Å². The minimum Gasteiger partial charge on any atom is -0.300 e. The fourth-order valence-corrected chi connectivity index (χ4v) is 0.909. The van der Waals surface area contributed by atoms with Gasteiger partial charge < -0.3 is 4.79 Å². The first-order valence-corrected chi connectivity index (χ1v) is 4.38. The van der Waals surface area contributed by atoms with E-state index in [4.69, 9.17) is 4.84 Å². The van der Waals surface area contributed by atoms with E-state index in [0.717, 1.165) is 12.8 Å². The Labute approximate surface area is 78.8 Å². The molecule has 0 aliphatic carbocycles. The zero-order chi connectivity index (χ0) is 10.3. The molecule has 0 saturated carbocycles. The van der Waals surface area contributed by atoms with Gasteiger partial charge in [-0.15, -0.1) is 0 Å². The molecule has 0 saturated heterocycles. The number of rotatable bonds is 6. The molecule has 1 amide bonds. The summed E-state index contributed by atoms with van der Waals surface area (Å²) in [6.07, 6.45) is 2.52. The number of Topliss-reactive ketones (excluding diaryl/α,β-unsaturated/α-hetero) is 1. The van der Waals surface area contributed by atoms with Gasteiger partial charge in [0.05, 0.1) is 7.11 Å². The van der Waals surface area contributed by atoms with Crippen molar-refractivity contribution in [2.75, 3.05) is 14.2 Å². The van der Waals surface area contributed by atoms with Crippen molar-refractivity contribution in [3.05, 3.63) is 0 Å². The number of unbranched alkanes of at least 4 members (excludes halogenated alkanes) is 1. The predicted molar refractivity (Wildman–Crippen MR) is 48.9 cm³/mol. The smallest absolute Gasteiger partial charge is 0.245 e. The molecule has 0 aliphatic rings. The molecule has 0 radical (unpaired) electrons. The molecule has 0 spiro atoms. The molecule has 4 nitrogen and oxygen atoms in total. The van der Waals surface area contributed by atoms with E-state index in [1.807, 2.05) is 0 Å². The van der Waals surface area contributed by atoms with Gasteiger partial charge in [-0.1, -0.05) is 0 Å². The van der Waals surface area contributed by atoms with E-state index in [2.05, 4.69) is 0 Å². The summed E-state index contributed by atoms with van der Waals surface area (Å²) in [5.41, 5.74) is 0. The van der Waals surface area contributed by atoms with Crippen LogP contribution in [-0.4, -0.2) is 30.9 Å². The summed E-state index contributed by atoms with van der Waals surface area (Å²) in [5, 5.41) is 1.20. The van der Waals surface area contributed by atoms with Crippen molar-refractivity contribution in [3.8, 4) is 0 Å².